The summed E-state index contributed by atoms with van der Waals surface area (Å²) in [7, 11) is 1.82. The first-order chi connectivity index (χ1) is 13.3. The van der Waals surface area contributed by atoms with Gasteiger partial charge in [-0.25, -0.2) is 4.98 Å². The molecular formula is C21H31IN4OS. The van der Waals surface area contributed by atoms with E-state index in [0.717, 1.165) is 44.9 Å². The van der Waals surface area contributed by atoms with Gasteiger partial charge >= 0.3 is 0 Å². The van der Waals surface area contributed by atoms with Crippen LogP contribution in [0.25, 0.3) is 0 Å². The van der Waals surface area contributed by atoms with Crippen molar-refractivity contribution in [2.75, 3.05) is 26.7 Å². The first-order valence-electron chi connectivity index (χ1n) is 9.84. The summed E-state index contributed by atoms with van der Waals surface area (Å²) in [6.45, 7) is 4.70. The lowest BCUT2D eigenvalue weighted by Crippen LogP contribution is -2.42. The van der Waals surface area contributed by atoms with E-state index in [2.05, 4.69) is 57.9 Å². The maximum atomic E-state index is 6.09. The van der Waals surface area contributed by atoms with Crippen molar-refractivity contribution < 1.29 is 4.74 Å². The first kappa shape index (κ1) is 23.1. The number of hydrogen-bond donors (Lipinski definition) is 2. The smallest absolute Gasteiger partial charge is 0.191 e. The molecule has 0 amide bonds. The Bertz CT molecular complexity index is 722. The number of benzene rings is 1. The van der Waals surface area contributed by atoms with Crippen LogP contribution in [0.2, 0.25) is 0 Å². The molecule has 2 unspecified atom stereocenters. The molecule has 1 aliphatic heterocycles. The third kappa shape index (κ3) is 6.70. The summed E-state index contributed by atoms with van der Waals surface area (Å²) in [6.07, 6.45) is 6.41. The SMILES string of the molecule is CCc1cnc(CCNC(=NC)NCC2CCCOC2c2ccccc2)s1.I. The number of halogens is 1. The third-order valence-corrected chi connectivity index (χ3v) is 6.11. The Balaban J connectivity index is 0.00000280. The van der Waals surface area contributed by atoms with E-state index in [-0.39, 0.29) is 30.1 Å². The fourth-order valence-corrected chi connectivity index (χ4v) is 4.29. The minimum atomic E-state index is 0. The Labute approximate surface area is 189 Å². The largest absolute Gasteiger partial charge is 0.373 e. The molecule has 2 atom stereocenters. The standard InChI is InChI=1S/C21H30N4OS.HI/c1-3-18-15-24-19(27-18)11-12-23-21(22-2)25-14-17-10-7-13-26-20(17)16-8-5-4-6-9-16;/h4-6,8-9,15,17,20H,3,7,10-14H2,1-2H3,(H2,22,23,25);1H. The molecule has 5 nitrogen and oxygen atoms in total. The molecule has 2 heterocycles. The lowest BCUT2D eigenvalue weighted by atomic mass is 9.89. The van der Waals surface area contributed by atoms with Crippen molar-refractivity contribution in [2.45, 2.75) is 38.7 Å². The van der Waals surface area contributed by atoms with Gasteiger partial charge < -0.3 is 15.4 Å². The second-order valence-electron chi connectivity index (χ2n) is 6.81. The number of aliphatic imine (C=N–C) groups is 1. The number of nitrogens with zero attached hydrogens (tertiary/aromatic N) is 2. The molecule has 1 saturated heterocycles. The minimum Gasteiger partial charge on any atom is -0.373 e. The van der Waals surface area contributed by atoms with E-state index in [9.17, 15) is 0 Å². The van der Waals surface area contributed by atoms with Crippen molar-refractivity contribution in [1.82, 2.24) is 15.6 Å². The number of rotatable bonds is 7. The quantitative estimate of drug-likeness (QED) is 0.331. The van der Waals surface area contributed by atoms with Crippen molar-refractivity contribution in [1.29, 1.82) is 0 Å². The van der Waals surface area contributed by atoms with Crippen molar-refractivity contribution >= 4 is 41.3 Å². The molecule has 0 aliphatic carbocycles. The van der Waals surface area contributed by atoms with E-state index in [1.807, 2.05) is 13.2 Å². The summed E-state index contributed by atoms with van der Waals surface area (Å²) in [5, 5.41) is 8.07. The molecule has 3 rings (SSSR count). The van der Waals surface area contributed by atoms with Gasteiger partial charge in [-0.3, -0.25) is 4.99 Å². The van der Waals surface area contributed by atoms with E-state index in [1.165, 1.54) is 21.9 Å². The highest BCUT2D eigenvalue weighted by molar-refractivity contribution is 14.0. The second-order valence-corrected chi connectivity index (χ2v) is 8.01. The predicted molar refractivity (Wildman–Crippen MR) is 128 cm³/mol. The molecular weight excluding hydrogens is 483 g/mol. The molecule has 1 aromatic heterocycles. The average Bonchev–Trinajstić information content (AvgIpc) is 3.19. The fraction of sp³-hybridized carbons (Fsp3) is 0.524. The molecule has 0 spiro atoms. The number of ether oxygens (including phenoxy) is 1. The Hall–Kier alpha value is -1.19. The summed E-state index contributed by atoms with van der Waals surface area (Å²) < 4.78 is 6.09. The highest BCUT2D eigenvalue weighted by atomic mass is 127. The van der Waals surface area contributed by atoms with Gasteiger partial charge in [0, 0.05) is 50.2 Å². The molecule has 2 N–H and O–H groups in total. The molecule has 1 fully saturated rings. The zero-order valence-corrected chi connectivity index (χ0v) is 19.8. The van der Waals surface area contributed by atoms with Gasteiger partial charge in [0.25, 0.3) is 0 Å². The molecule has 28 heavy (non-hydrogen) atoms. The number of aromatic nitrogens is 1. The van der Waals surface area contributed by atoms with E-state index in [4.69, 9.17) is 4.74 Å². The van der Waals surface area contributed by atoms with Crippen LogP contribution in [0.15, 0.2) is 41.5 Å². The topological polar surface area (TPSA) is 58.5 Å². The van der Waals surface area contributed by atoms with Crippen molar-refractivity contribution in [2.24, 2.45) is 10.9 Å². The number of nitrogens with one attached hydrogen (secondary N) is 2. The van der Waals surface area contributed by atoms with Crippen molar-refractivity contribution in [3.05, 3.63) is 52.0 Å². The maximum Gasteiger partial charge on any atom is 0.191 e. The van der Waals surface area contributed by atoms with Crippen LogP contribution in [0.1, 0.15) is 41.3 Å². The number of hydrogen-bond acceptors (Lipinski definition) is 4. The van der Waals surface area contributed by atoms with Crippen LogP contribution < -0.4 is 10.6 Å². The lowest BCUT2D eigenvalue weighted by Gasteiger charge is -2.32. The van der Waals surface area contributed by atoms with Crippen LogP contribution >= 0.6 is 35.3 Å². The van der Waals surface area contributed by atoms with Crippen LogP contribution in [0, 0.1) is 5.92 Å². The van der Waals surface area contributed by atoms with Gasteiger partial charge in [0.05, 0.1) is 11.1 Å². The summed E-state index contributed by atoms with van der Waals surface area (Å²) in [6, 6.07) is 10.5. The minimum absolute atomic E-state index is 0. The zero-order chi connectivity index (χ0) is 18.9. The van der Waals surface area contributed by atoms with E-state index in [1.54, 1.807) is 11.3 Å². The monoisotopic (exact) mass is 514 g/mol. The molecule has 1 aromatic carbocycles. The van der Waals surface area contributed by atoms with Crippen molar-refractivity contribution in [3.8, 4) is 0 Å². The van der Waals surface area contributed by atoms with Gasteiger partial charge in [-0.05, 0) is 24.8 Å². The van der Waals surface area contributed by atoms with Crippen LogP contribution in [0.5, 0.6) is 0 Å². The fourth-order valence-electron chi connectivity index (χ4n) is 3.43. The zero-order valence-electron chi connectivity index (χ0n) is 16.7. The van der Waals surface area contributed by atoms with Crippen LogP contribution in [-0.2, 0) is 17.6 Å². The molecule has 7 heteroatoms. The third-order valence-electron chi connectivity index (χ3n) is 4.91. The first-order valence-corrected chi connectivity index (χ1v) is 10.7. The van der Waals surface area contributed by atoms with E-state index >= 15 is 0 Å². The number of thiazole rings is 1. The van der Waals surface area contributed by atoms with Gasteiger partial charge in [-0.1, -0.05) is 37.3 Å². The highest BCUT2D eigenvalue weighted by Gasteiger charge is 2.27. The Kier molecular flexibility index (Phi) is 10.2. The van der Waals surface area contributed by atoms with Gasteiger partial charge in [-0.15, -0.1) is 35.3 Å². The van der Waals surface area contributed by atoms with Crippen LogP contribution in [0.3, 0.4) is 0 Å². The summed E-state index contributed by atoms with van der Waals surface area (Å²) in [4.78, 5) is 10.2. The molecule has 0 bridgehead atoms. The Morgan fingerprint density at radius 2 is 2.11 bits per heavy atom. The van der Waals surface area contributed by atoms with Gasteiger partial charge in [0.15, 0.2) is 5.96 Å². The second kappa shape index (κ2) is 12.4. The molecule has 0 saturated carbocycles. The molecule has 0 radical (unpaired) electrons. The lowest BCUT2D eigenvalue weighted by molar-refractivity contribution is -0.0265. The average molecular weight is 514 g/mol. The highest BCUT2D eigenvalue weighted by Crippen LogP contribution is 2.33. The number of aryl methyl sites for hydroxylation is 1. The summed E-state index contributed by atoms with van der Waals surface area (Å²) in [5.74, 6) is 1.30. The molecule has 2 aromatic rings. The van der Waals surface area contributed by atoms with Gasteiger partial charge in [0.2, 0.25) is 0 Å². The Morgan fingerprint density at radius 1 is 1.29 bits per heavy atom. The normalized spacial score (nSPS) is 19.7. The van der Waals surface area contributed by atoms with Gasteiger partial charge in [-0.2, -0.15) is 0 Å². The van der Waals surface area contributed by atoms with Crippen LogP contribution in [-0.4, -0.2) is 37.7 Å². The Morgan fingerprint density at radius 3 is 2.82 bits per heavy atom. The predicted octanol–water partition coefficient (Wildman–Crippen LogP) is 4.20. The maximum absolute atomic E-state index is 6.09. The van der Waals surface area contributed by atoms with Crippen molar-refractivity contribution in [3.63, 3.8) is 0 Å². The summed E-state index contributed by atoms with van der Waals surface area (Å²) in [5.41, 5.74) is 1.27. The molecule has 154 valence electrons. The van der Waals surface area contributed by atoms with Gasteiger partial charge in [0.1, 0.15) is 0 Å². The number of guanidine groups is 1. The summed E-state index contributed by atoms with van der Waals surface area (Å²) >= 11 is 1.80. The molecule has 1 aliphatic rings. The van der Waals surface area contributed by atoms with E-state index in [0.29, 0.717) is 5.92 Å². The van der Waals surface area contributed by atoms with E-state index < -0.39 is 0 Å². The van der Waals surface area contributed by atoms with Crippen LogP contribution in [0.4, 0.5) is 0 Å².